The van der Waals surface area contributed by atoms with Crippen LogP contribution >= 0.6 is 0 Å². The first kappa shape index (κ1) is 15.7. The molecule has 124 valence electrons. The second-order valence-electron chi connectivity index (χ2n) is 5.37. The number of halogens is 1. The van der Waals surface area contributed by atoms with E-state index >= 15 is 0 Å². The molecule has 0 atom stereocenters. The van der Waals surface area contributed by atoms with Crippen molar-refractivity contribution in [2.24, 2.45) is 0 Å². The fraction of sp³-hybridized carbons (Fsp3) is 0.188. The average Bonchev–Trinajstić information content (AvgIpc) is 2.58. The summed E-state index contributed by atoms with van der Waals surface area (Å²) in [5.74, 6) is -1.05. The second kappa shape index (κ2) is 6.15. The van der Waals surface area contributed by atoms with Crippen molar-refractivity contribution in [2.75, 3.05) is 18.8 Å². The number of hydrogen-bond donors (Lipinski definition) is 3. The monoisotopic (exact) mass is 330 g/mol. The number of nitrogen functional groups attached to an aromatic ring is 1. The number of rotatable bonds is 2. The molecule has 3 rings (SSSR count). The molecule has 0 saturated heterocycles. The molecule has 1 aliphatic heterocycles. The van der Waals surface area contributed by atoms with Crippen LogP contribution in [-0.2, 0) is 0 Å². The highest BCUT2D eigenvalue weighted by molar-refractivity contribution is 5.79. The predicted octanol–water partition coefficient (Wildman–Crippen LogP) is 2.34. The first-order valence-corrected chi connectivity index (χ1v) is 7.25. The lowest BCUT2D eigenvalue weighted by molar-refractivity contribution is 0.150. The van der Waals surface area contributed by atoms with Crippen LogP contribution in [0, 0.1) is 5.82 Å². The number of phenolic OH excluding ortho intramolecular Hbond substituents is 1. The van der Waals surface area contributed by atoms with Gasteiger partial charge in [-0.15, -0.1) is 10.2 Å². The van der Waals surface area contributed by atoms with Gasteiger partial charge in [-0.25, -0.2) is 9.18 Å². The molecule has 0 unspecified atom stereocenters. The lowest BCUT2D eigenvalue weighted by atomic mass is 9.98. The Balaban J connectivity index is 1.99. The number of aromatic hydroxyl groups is 1. The van der Waals surface area contributed by atoms with Crippen LogP contribution < -0.4 is 5.73 Å². The molecule has 1 aromatic carbocycles. The van der Waals surface area contributed by atoms with Gasteiger partial charge in [-0.1, -0.05) is 12.1 Å². The van der Waals surface area contributed by atoms with E-state index in [0.29, 0.717) is 18.5 Å². The Labute approximate surface area is 136 Å². The summed E-state index contributed by atoms with van der Waals surface area (Å²) < 4.78 is 13.5. The molecule has 0 spiro atoms. The fourth-order valence-corrected chi connectivity index (χ4v) is 2.60. The molecule has 1 aliphatic rings. The van der Waals surface area contributed by atoms with Gasteiger partial charge in [-0.3, -0.25) is 0 Å². The maximum absolute atomic E-state index is 13.5. The number of phenols is 1. The van der Waals surface area contributed by atoms with E-state index in [9.17, 15) is 14.3 Å². The minimum absolute atomic E-state index is 0.199. The summed E-state index contributed by atoms with van der Waals surface area (Å²) in [6, 6.07) is 5.77. The number of anilines is 1. The summed E-state index contributed by atoms with van der Waals surface area (Å²) in [4.78, 5) is 12.2. The smallest absolute Gasteiger partial charge is 0.407 e. The highest BCUT2D eigenvalue weighted by atomic mass is 19.1. The lowest BCUT2D eigenvalue weighted by Gasteiger charge is -2.24. The lowest BCUT2D eigenvalue weighted by Crippen LogP contribution is -2.33. The van der Waals surface area contributed by atoms with E-state index in [4.69, 9.17) is 10.8 Å². The highest BCUT2D eigenvalue weighted by Crippen LogP contribution is 2.33. The number of hydrogen-bond acceptors (Lipinski definition) is 5. The van der Waals surface area contributed by atoms with Gasteiger partial charge in [0.1, 0.15) is 0 Å². The predicted molar refractivity (Wildman–Crippen MR) is 85.7 cm³/mol. The van der Waals surface area contributed by atoms with Crippen molar-refractivity contribution in [3.8, 4) is 17.0 Å². The fourth-order valence-electron chi connectivity index (χ4n) is 2.60. The van der Waals surface area contributed by atoms with Crippen molar-refractivity contribution in [1.29, 1.82) is 0 Å². The molecular formula is C16H15FN4O3. The van der Waals surface area contributed by atoms with Crippen LogP contribution in [0.25, 0.3) is 16.8 Å². The van der Waals surface area contributed by atoms with Gasteiger partial charge in [0.15, 0.2) is 17.4 Å². The van der Waals surface area contributed by atoms with E-state index in [2.05, 4.69) is 10.2 Å². The molecule has 0 bridgehead atoms. The number of para-hydroxylation sites is 1. The summed E-state index contributed by atoms with van der Waals surface area (Å²) in [5.41, 5.74) is 7.83. The van der Waals surface area contributed by atoms with E-state index in [1.807, 2.05) is 0 Å². The van der Waals surface area contributed by atoms with E-state index in [1.165, 1.54) is 17.0 Å². The van der Waals surface area contributed by atoms with E-state index in [1.54, 1.807) is 12.1 Å². The third kappa shape index (κ3) is 2.85. The van der Waals surface area contributed by atoms with Gasteiger partial charge in [0.2, 0.25) is 0 Å². The molecule has 1 aromatic heterocycles. The van der Waals surface area contributed by atoms with E-state index in [-0.39, 0.29) is 23.6 Å². The van der Waals surface area contributed by atoms with Crippen molar-refractivity contribution in [1.82, 2.24) is 15.1 Å². The second-order valence-corrected chi connectivity index (χ2v) is 5.37. The van der Waals surface area contributed by atoms with Crippen molar-refractivity contribution >= 4 is 17.5 Å². The Morgan fingerprint density at radius 3 is 2.75 bits per heavy atom. The van der Waals surface area contributed by atoms with Gasteiger partial charge in [-0.2, -0.15) is 0 Å². The minimum atomic E-state index is -0.975. The molecule has 2 aromatic rings. The summed E-state index contributed by atoms with van der Waals surface area (Å²) in [5, 5.41) is 26.6. The van der Waals surface area contributed by atoms with Crippen LogP contribution in [-0.4, -0.2) is 44.5 Å². The topological polar surface area (TPSA) is 113 Å². The molecule has 0 fully saturated rings. The summed E-state index contributed by atoms with van der Waals surface area (Å²) in [6.45, 7) is 0.608. The number of aromatic nitrogens is 2. The Morgan fingerprint density at radius 1 is 1.29 bits per heavy atom. The third-order valence-electron chi connectivity index (χ3n) is 3.91. The summed E-state index contributed by atoms with van der Waals surface area (Å²) in [7, 11) is 0. The van der Waals surface area contributed by atoms with Crippen molar-refractivity contribution in [3.63, 3.8) is 0 Å². The minimum Gasteiger partial charge on any atom is -0.504 e. The number of amides is 1. The average molecular weight is 330 g/mol. The Morgan fingerprint density at radius 2 is 2.08 bits per heavy atom. The van der Waals surface area contributed by atoms with Crippen LogP contribution in [0.4, 0.5) is 15.0 Å². The Kier molecular flexibility index (Phi) is 4.03. The third-order valence-corrected chi connectivity index (χ3v) is 3.91. The van der Waals surface area contributed by atoms with Crippen LogP contribution in [0.1, 0.15) is 12.0 Å². The molecule has 2 heterocycles. The van der Waals surface area contributed by atoms with Gasteiger partial charge in [0.25, 0.3) is 0 Å². The van der Waals surface area contributed by atoms with Crippen LogP contribution in [0.5, 0.6) is 5.75 Å². The highest BCUT2D eigenvalue weighted by Gasteiger charge is 2.20. The maximum Gasteiger partial charge on any atom is 0.407 e. The van der Waals surface area contributed by atoms with Gasteiger partial charge in [0.05, 0.1) is 5.69 Å². The van der Waals surface area contributed by atoms with E-state index < -0.39 is 17.7 Å². The number of benzene rings is 1. The largest absolute Gasteiger partial charge is 0.504 e. The number of carbonyl (C=O) groups is 1. The molecule has 24 heavy (non-hydrogen) atoms. The van der Waals surface area contributed by atoms with Gasteiger partial charge >= 0.3 is 6.09 Å². The molecule has 8 heteroatoms. The molecule has 0 radical (unpaired) electrons. The van der Waals surface area contributed by atoms with Crippen LogP contribution in [0.3, 0.4) is 0 Å². The molecule has 0 saturated carbocycles. The molecule has 4 N–H and O–H groups in total. The van der Waals surface area contributed by atoms with E-state index in [0.717, 1.165) is 11.6 Å². The zero-order valence-corrected chi connectivity index (χ0v) is 12.6. The first-order valence-electron chi connectivity index (χ1n) is 7.25. The standard InChI is InChI=1S/C16H15FN4O3/c17-12-3-1-2-10(14(12)22)13-8-11(15(18)20-19-13)9-4-6-21(7-5-9)16(23)24/h1-4,8,22H,5-7H2,(H2,18,20)(H,23,24). The molecule has 1 amide bonds. The van der Waals surface area contributed by atoms with Crippen molar-refractivity contribution < 1.29 is 19.4 Å². The van der Waals surface area contributed by atoms with Crippen molar-refractivity contribution in [3.05, 3.63) is 41.7 Å². The van der Waals surface area contributed by atoms with Crippen LogP contribution in [0.15, 0.2) is 30.3 Å². The number of nitrogens with two attached hydrogens (primary N) is 1. The molecular weight excluding hydrogens is 315 g/mol. The van der Waals surface area contributed by atoms with Gasteiger partial charge in [0, 0.05) is 24.2 Å². The summed E-state index contributed by atoms with van der Waals surface area (Å²) in [6.07, 6.45) is 1.27. The zero-order valence-electron chi connectivity index (χ0n) is 12.6. The zero-order chi connectivity index (χ0) is 17.3. The summed E-state index contributed by atoms with van der Waals surface area (Å²) >= 11 is 0. The normalized spacial score (nSPS) is 14.4. The SMILES string of the molecule is Nc1nnc(-c2cccc(F)c2O)cc1C1=CCN(C(=O)O)CC1. The van der Waals surface area contributed by atoms with Crippen LogP contribution in [0.2, 0.25) is 0 Å². The Bertz CT molecular complexity index is 838. The van der Waals surface area contributed by atoms with Gasteiger partial charge < -0.3 is 20.8 Å². The molecule has 7 nitrogen and oxygen atoms in total. The molecule has 0 aliphatic carbocycles. The first-order chi connectivity index (χ1) is 11.5. The Hall–Kier alpha value is -3.16. The van der Waals surface area contributed by atoms with Crippen molar-refractivity contribution in [2.45, 2.75) is 6.42 Å². The number of nitrogens with zero attached hydrogens (tertiary/aromatic N) is 3. The number of carboxylic acid groups (broad SMARTS) is 1. The maximum atomic E-state index is 13.5. The quantitative estimate of drug-likeness (QED) is 0.779. The van der Waals surface area contributed by atoms with Gasteiger partial charge in [-0.05, 0) is 30.2 Å².